The molecule has 0 unspecified atom stereocenters. The van der Waals surface area contributed by atoms with E-state index in [-0.39, 0.29) is 10.8 Å². The molecule has 0 saturated carbocycles. The van der Waals surface area contributed by atoms with Gasteiger partial charge in [-0.1, -0.05) is 120 Å². The number of thioether (sulfide) groups is 1. The molecule has 0 fully saturated rings. The Hall–Kier alpha value is -1.47. The number of nitrogens with zero attached hydrogens (tertiary/aromatic N) is 2. The molecular formula is C41H60N2S4. The fourth-order valence-electron chi connectivity index (χ4n) is 5.96. The first-order chi connectivity index (χ1) is 22.5. The normalized spacial score (nSPS) is 12.4. The van der Waals surface area contributed by atoms with Crippen molar-refractivity contribution in [2.75, 3.05) is 5.75 Å². The number of aliphatic imine (C=N–C) groups is 1. The van der Waals surface area contributed by atoms with Crippen LogP contribution in [-0.4, -0.2) is 17.5 Å². The summed E-state index contributed by atoms with van der Waals surface area (Å²) in [5.74, 6) is 1.01. The SMILES string of the molecule is C=Nc1c(SCC(C)(C)C)c(-c2cc(CCCCCCCC)cs2)c2nc(C(C)(C)C)sc2c1-c1cc(CCCCCCCC)cs1. The molecule has 1 aromatic carbocycles. The fraction of sp³-hybridized carbons (Fsp3) is 0.610. The van der Waals surface area contributed by atoms with E-state index in [0.717, 1.165) is 29.8 Å². The largest absolute Gasteiger partial charge is 0.263 e. The highest BCUT2D eigenvalue weighted by atomic mass is 32.2. The Bertz CT molecular complexity index is 1560. The number of rotatable bonds is 19. The minimum Gasteiger partial charge on any atom is -0.263 e. The zero-order chi connectivity index (χ0) is 34.0. The van der Waals surface area contributed by atoms with Crippen LogP contribution in [0.4, 0.5) is 5.69 Å². The Morgan fingerprint density at radius 1 is 0.723 bits per heavy atom. The molecule has 4 aromatic rings. The maximum Gasteiger partial charge on any atom is 0.0992 e. The summed E-state index contributed by atoms with van der Waals surface area (Å²) in [4.78, 5) is 14.2. The van der Waals surface area contributed by atoms with Crippen molar-refractivity contribution in [3.8, 4) is 20.9 Å². The van der Waals surface area contributed by atoms with Gasteiger partial charge in [-0.15, -0.1) is 45.8 Å². The van der Waals surface area contributed by atoms with Gasteiger partial charge in [0.1, 0.15) is 0 Å². The van der Waals surface area contributed by atoms with Gasteiger partial charge >= 0.3 is 0 Å². The van der Waals surface area contributed by atoms with Gasteiger partial charge in [0.15, 0.2) is 0 Å². The average molecular weight is 709 g/mol. The average Bonchev–Trinajstić information content (AvgIpc) is 3.78. The second-order valence-electron chi connectivity index (χ2n) is 15.6. The van der Waals surface area contributed by atoms with Crippen molar-refractivity contribution in [3.63, 3.8) is 0 Å². The standard InChI is InChI=1S/C41H60N2S4/c1-10-12-14-16-18-20-22-29-24-31(44-26-29)33-35(42-9)37(46-28-40(3,4)5)34(36-38(33)47-39(43-36)41(6,7)8)32-25-30(27-45-32)23-21-19-17-15-13-11-2/h24-27H,9-23,28H2,1-8H3. The summed E-state index contributed by atoms with van der Waals surface area (Å²) in [7, 11) is 0. The monoisotopic (exact) mass is 708 g/mol. The molecule has 0 atom stereocenters. The highest BCUT2D eigenvalue weighted by Crippen LogP contribution is 2.54. The quantitative estimate of drug-likeness (QED) is 0.0550. The number of hydrogen-bond donors (Lipinski definition) is 0. The molecule has 0 aliphatic rings. The van der Waals surface area contributed by atoms with Gasteiger partial charge in [-0.05, 0) is 71.8 Å². The molecule has 6 heteroatoms. The second-order valence-corrected chi connectivity index (χ2v) is 19.4. The van der Waals surface area contributed by atoms with E-state index in [0.29, 0.717) is 0 Å². The Morgan fingerprint density at radius 2 is 1.23 bits per heavy atom. The topological polar surface area (TPSA) is 25.2 Å². The van der Waals surface area contributed by atoms with Gasteiger partial charge in [-0.25, -0.2) is 4.98 Å². The number of aromatic nitrogens is 1. The van der Waals surface area contributed by atoms with Crippen LogP contribution >= 0.6 is 45.8 Å². The third-order valence-electron chi connectivity index (χ3n) is 8.66. The summed E-state index contributed by atoms with van der Waals surface area (Å²) in [6.45, 7) is 22.7. The van der Waals surface area contributed by atoms with E-state index >= 15 is 0 Å². The van der Waals surface area contributed by atoms with Crippen molar-refractivity contribution >= 4 is 68.4 Å². The minimum atomic E-state index is -0.0323. The number of thiophene rings is 2. The predicted octanol–water partition coefficient (Wildman–Crippen LogP) is 15.3. The second kappa shape index (κ2) is 18.0. The van der Waals surface area contributed by atoms with Crippen molar-refractivity contribution < 1.29 is 0 Å². The Labute approximate surface area is 303 Å². The van der Waals surface area contributed by atoms with Crippen molar-refractivity contribution in [1.29, 1.82) is 0 Å². The van der Waals surface area contributed by atoms with E-state index < -0.39 is 0 Å². The lowest BCUT2D eigenvalue weighted by atomic mass is 9.98. The molecule has 3 aromatic heterocycles. The van der Waals surface area contributed by atoms with Gasteiger partial charge in [0, 0.05) is 36.9 Å². The molecule has 0 amide bonds. The van der Waals surface area contributed by atoms with Crippen molar-refractivity contribution in [2.24, 2.45) is 10.4 Å². The van der Waals surface area contributed by atoms with E-state index in [2.05, 4.69) is 85.0 Å². The van der Waals surface area contributed by atoms with Crippen LogP contribution in [0.2, 0.25) is 0 Å². The van der Waals surface area contributed by atoms with Crippen molar-refractivity contribution in [2.45, 2.75) is 156 Å². The molecule has 0 saturated heterocycles. The molecule has 0 N–H and O–H groups in total. The first-order valence-corrected chi connectivity index (χ1v) is 21.8. The molecule has 0 bridgehead atoms. The number of benzene rings is 1. The highest BCUT2D eigenvalue weighted by Gasteiger charge is 2.29. The first-order valence-electron chi connectivity index (χ1n) is 18.2. The third-order valence-corrected chi connectivity index (χ3v) is 13.8. The molecule has 0 spiro atoms. The minimum absolute atomic E-state index is 0.0323. The maximum absolute atomic E-state index is 5.49. The molecule has 3 heterocycles. The smallest absolute Gasteiger partial charge is 0.0992 e. The summed E-state index contributed by atoms with van der Waals surface area (Å²) in [6.07, 6.45) is 18.3. The summed E-state index contributed by atoms with van der Waals surface area (Å²) in [6, 6.07) is 4.90. The van der Waals surface area contributed by atoms with Crippen LogP contribution in [0.3, 0.4) is 0 Å². The lowest BCUT2D eigenvalue weighted by Gasteiger charge is -2.21. The number of unbranched alkanes of at least 4 members (excludes halogenated alkanes) is 10. The number of thiazole rings is 1. The van der Waals surface area contributed by atoms with Crippen LogP contribution in [0, 0.1) is 5.41 Å². The predicted molar refractivity (Wildman–Crippen MR) is 218 cm³/mol. The molecular weight excluding hydrogens is 649 g/mol. The molecule has 0 aliphatic heterocycles. The maximum atomic E-state index is 5.49. The summed E-state index contributed by atoms with van der Waals surface area (Å²) in [5.41, 5.74) is 7.77. The zero-order valence-corrected chi connectivity index (χ0v) is 33.9. The van der Waals surface area contributed by atoms with Gasteiger partial charge in [0.25, 0.3) is 0 Å². The summed E-state index contributed by atoms with van der Waals surface area (Å²) < 4.78 is 1.27. The molecule has 0 aliphatic carbocycles. The van der Waals surface area contributed by atoms with Gasteiger partial charge in [-0.2, -0.15) is 0 Å². The Kier molecular flexibility index (Phi) is 14.7. The lowest BCUT2D eigenvalue weighted by Crippen LogP contribution is -2.10. The molecule has 0 radical (unpaired) electrons. The summed E-state index contributed by atoms with van der Waals surface area (Å²) in [5, 5.41) is 5.97. The van der Waals surface area contributed by atoms with Crippen LogP contribution < -0.4 is 0 Å². The number of hydrogen-bond acceptors (Lipinski definition) is 6. The van der Waals surface area contributed by atoms with Crippen LogP contribution in [0.15, 0.2) is 32.8 Å². The zero-order valence-electron chi connectivity index (χ0n) is 30.7. The number of aryl methyl sites for hydroxylation is 2. The van der Waals surface area contributed by atoms with E-state index in [1.165, 1.54) is 124 Å². The molecule has 258 valence electrons. The van der Waals surface area contributed by atoms with Crippen molar-refractivity contribution in [1.82, 2.24) is 4.98 Å². The molecule has 47 heavy (non-hydrogen) atoms. The van der Waals surface area contributed by atoms with E-state index in [9.17, 15) is 0 Å². The third kappa shape index (κ3) is 10.8. The van der Waals surface area contributed by atoms with Gasteiger partial charge in [0.2, 0.25) is 0 Å². The van der Waals surface area contributed by atoms with Crippen LogP contribution in [0.5, 0.6) is 0 Å². The number of fused-ring (bicyclic) bond motifs is 1. The Morgan fingerprint density at radius 3 is 1.72 bits per heavy atom. The van der Waals surface area contributed by atoms with E-state index in [1.807, 2.05) is 45.8 Å². The van der Waals surface area contributed by atoms with Crippen LogP contribution in [-0.2, 0) is 18.3 Å². The molecule has 4 rings (SSSR count). The highest BCUT2D eigenvalue weighted by molar-refractivity contribution is 7.99. The van der Waals surface area contributed by atoms with Gasteiger partial charge in [0.05, 0.1) is 20.9 Å². The summed E-state index contributed by atoms with van der Waals surface area (Å²) >= 11 is 7.58. The fourth-order valence-corrected chi connectivity index (χ4v) is 10.5. The van der Waals surface area contributed by atoms with E-state index in [4.69, 9.17) is 9.98 Å². The van der Waals surface area contributed by atoms with Crippen LogP contribution in [0.1, 0.15) is 149 Å². The molecule has 2 nitrogen and oxygen atoms in total. The van der Waals surface area contributed by atoms with E-state index in [1.54, 1.807) is 0 Å². The van der Waals surface area contributed by atoms with Gasteiger partial charge < -0.3 is 0 Å². The lowest BCUT2D eigenvalue weighted by molar-refractivity contribution is 0.481. The first kappa shape index (κ1) is 38.3. The Balaban J connectivity index is 1.79. The van der Waals surface area contributed by atoms with Crippen LogP contribution in [0.25, 0.3) is 31.1 Å². The van der Waals surface area contributed by atoms with Gasteiger partial charge in [-0.3, -0.25) is 4.99 Å². The van der Waals surface area contributed by atoms with Crippen molar-refractivity contribution in [3.05, 3.63) is 39.0 Å².